The second-order valence-corrected chi connectivity index (χ2v) is 4.36. The van der Waals surface area contributed by atoms with Crippen LogP contribution in [0, 0.1) is 0 Å². The van der Waals surface area contributed by atoms with Crippen molar-refractivity contribution in [1.82, 2.24) is 0 Å². The van der Waals surface area contributed by atoms with Crippen LogP contribution in [-0.4, -0.2) is 30.1 Å². The number of alkyl halides is 3. The molecule has 0 saturated carbocycles. The Morgan fingerprint density at radius 1 is 1.50 bits per heavy atom. The third-order valence-electron chi connectivity index (χ3n) is 1.89. The highest BCUT2D eigenvalue weighted by molar-refractivity contribution is 7.98. The van der Waals surface area contributed by atoms with Crippen molar-refractivity contribution in [3.63, 3.8) is 0 Å². The molecule has 0 fully saturated rings. The summed E-state index contributed by atoms with van der Waals surface area (Å²) in [6.45, 7) is -1.46. The van der Waals surface area contributed by atoms with Gasteiger partial charge in [0, 0.05) is 0 Å². The average Bonchev–Trinajstić information content (AvgIpc) is 2.24. The van der Waals surface area contributed by atoms with Crippen LogP contribution in [0.3, 0.4) is 0 Å². The SMILES string of the molecule is CSc1c(OCC(F)(F)F)ccc(C(=O)O)c1Cl. The zero-order chi connectivity index (χ0) is 13.9. The number of hydrogen-bond acceptors (Lipinski definition) is 3. The summed E-state index contributed by atoms with van der Waals surface area (Å²) in [6.07, 6.45) is -2.90. The number of carboxylic acids is 1. The number of benzene rings is 1. The van der Waals surface area contributed by atoms with Gasteiger partial charge in [-0.25, -0.2) is 4.79 Å². The van der Waals surface area contributed by atoms with E-state index in [1.807, 2.05) is 0 Å². The molecular formula is C10H8ClF3O3S. The summed E-state index contributed by atoms with van der Waals surface area (Å²) in [5, 5.41) is 8.69. The first-order valence-corrected chi connectivity index (χ1v) is 6.16. The largest absolute Gasteiger partial charge is 0.483 e. The molecular weight excluding hydrogens is 293 g/mol. The summed E-state index contributed by atoms with van der Waals surface area (Å²) >= 11 is 6.81. The Morgan fingerprint density at radius 2 is 2.11 bits per heavy atom. The van der Waals surface area contributed by atoms with Crippen molar-refractivity contribution in [2.24, 2.45) is 0 Å². The Kier molecular flexibility index (Phi) is 4.75. The third kappa shape index (κ3) is 3.71. The summed E-state index contributed by atoms with van der Waals surface area (Å²) in [7, 11) is 0. The molecule has 0 heterocycles. The predicted molar refractivity (Wildman–Crippen MR) is 61.7 cm³/mol. The van der Waals surface area contributed by atoms with Gasteiger partial charge in [0.15, 0.2) is 6.61 Å². The van der Waals surface area contributed by atoms with Crippen molar-refractivity contribution >= 4 is 29.3 Å². The maximum atomic E-state index is 12.0. The lowest BCUT2D eigenvalue weighted by atomic mass is 10.2. The van der Waals surface area contributed by atoms with E-state index in [1.54, 1.807) is 6.26 Å². The molecule has 1 rings (SSSR count). The van der Waals surface area contributed by atoms with Gasteiger partial charge in [0.25, 0.3) is 0 Å². The Morgan fingerprint density at radius 3 is 2.56 bits per heavy atom. The van der Waals surface area contributed by atoms with Crippen LogP contribution in [0.1, 0.15) is 10.4 Å². The van der Waals surface area contributed by atoms with Gasteiger partial charge >= 0.3 is 12.1 Å². The highest BCUT2D eigenvalue weighted by atomic mass is 35.5. The van der Waals surface area contributed by atoms with Crippen LogP contribution in [0.25, 0.3) is 0 Å². The topological polar surface area (TPSA) is 46.5 Å². The molecule has 0 radical (unpaired) electrons. The van der Waals surface area contributed by atoms with E-state index in [0.717, 1.165) is 23.9 Å². The van der Waals surface area contributed by atoms with E-state index in [4.69, 9.17) is 16.7 Å². The number of rotatable bonds is 4. The maximum absolute atomic E-state index is 12.0. The lowest BCUT2D eigenvalue weighted by molar-refractivity contribution is -0.153. The van der Waals surface area contributed by atoms with Gasteiger partial charge in [-0.15, -0.1) is 11.8 Å². The van der Waals surface area contributed by atoms with E-state index in [2.05, 4.69) is 4.74 Å². The number of aromatic carboxylic acids is 1. The normalized spacial score (nSPS) is 11.4. The minimum atomic E-state index is -4.46. The highest BCUT2D eigenvalue weighted by Crippen LogP contribution is 2.37. The van der Waals surface area contributed by atoms with E-state index in [-0.39, 0.29) is 21.2 Å². The summed E-state index contributed by atoms with van der Waals surface area (Å²) < 4.78 is 40.7. The van der Waals surface area contributed by atoms with Gasteiger partial charge in [-0.05, 0) is 18.4 Å². The molecule has 8 heteroatoms. The van der Waals surface area contributed by atoms with Gasteiger partial charge in [0.1, 0.15) is 5.75 Å². The number of halogens is 4. The van der Waals surface area contributed by atoms with Crippen LogP contribution in [0.15, 0.2) is 17.0 Å². The number of carbonyl (C=O) groups is 1. The predicted octanol–water partition coefficient (Wildman–Crippen LogP) is 3.70. The molecule has 0 aliphatic rings. The van der Waals surface area contributed by atoms with E-state index in [0.29, 0.717) is 0 Å². The fourth-order valence-corrected chi connectivity index (χ4v) is 2.25. The molecule has 0 aromatic heterocycles. The van der Waals surface area contributed by atoms with Crippen molar-refractivity contribution in [2.75, 3.05) is 12.9 Å². The molecule has 0 spiro atoms. The molecule has 1 aromatic rings. The molecule has 0 unspecified atom stereocenters. The quantitative estimate of drug-likeness (QED) is 0.861. The first-order chi connectivity index (χ1) is 8.26. The molecule has 0 aliphatic heterocycles. The molecule has 0 atom stereocenters. The van der Waals surface area contributed by atoms with Crippen molar-refractivity contribution < 1.29 is 27.8 Å². The van der Waals surface area contributed by atoms with Crippen LogP contribution in [0.2, 0.25) is 5.02 Å². The summed E-state index contributed by atoms with van der Waals surface area (Å²) in [4.78, 5) is 11.0. The third-order valence-corrected chi connectivity index (χ3v) is 3.21. The number of hydrogen-bond donors (Lipinski definition) is 1. The van der Waals surface area contributed by atoms with Crippen molar-refractivity contribution in [1.29, 1.82) is 0 Å². The van der Waals surface area contributed by atoms with E-state index < -0.39 is 18.8 Å². The molecule has 0 aliphatic carbocycles. The molecule has 0 bridgehead atoms. The lowest BCUT2D eigenvalue weighted by Crippen LogP contribution is -2.19. The number of ether oxygens (including phenoxy) is 1. The monoisotopic (exact) mass is 300 g/mol. The van der Waals surface area contributed by atoms with Crippen LogP contribution in [-0.2, 0) is 0 Å². The fraction of sp³-hybridized carbons (Fsp3) is 0.300. The second kappa shape index (κ2) is 5.71. The van der Waals surface area contributed by atoms with Crippen molar-refractivity contribution in [3.8, 4) is 5.75 Å². The molecule has 1 aromatic carbocycles. The fourth-order valence-electron chi connectivity index (χ4n) is 1.17. The zero-order valence-electron chi connectivity index (χ0n) is 9.05. The zero-order valence-corrected chi connectivity index (χ0v) is 10.6. The molecule has 3 nitrogen and oxygen atoms in total. The second-order valence-electron chi connectivity index (χ2n) is 3.17. The van der Waals surface area contributed by atoms with Crippen molar-refractivity contribution in [2.45, 2.75) is 11.1 Å². The molecule has 0 saturated heterocycles. The molecule has 18 heavy (non-hydrogen) atoms. The summed E-state index contributed by atoms with van der Waals surface area (Å²) in [5.74, 6) is -1.34. The Bertz CT molecular complexity index is 462. The number of carboxylic acid groups (broad SMARTS) is 1. The first-order valence-electron chi connectivity index (χ1n) is 4.55. The van der Waals surface area contributed by atoms with Gasteiger partial charge in [-0.2, -0.15) is 13.2 Å². The van der Waals surface area contributed by atoms with Crippen LogP contribution < -0.4 is 4.74 Å². The minimum Gasteiger partial charge on any atom is -0.483 e. The summed E-state index contributed by atoms with van der Waals surface area (Å²) in [5.41, 5.74) is -0.180. The van der Waals surface area contributed by atoms with Crippen LogP contribution in [0.4, 0.5) is 13.2 Å². The lowest BCUT2D eigenvalue weighted by Gasteiger charge is -2.14. The molecule has 1 N–H and O–H groups in total. The minimum absolute atomic E-state index is 0.0881. The number of thioether (sulfide) groups is 1. The van der Waals surface area contributed by atoms with E-state index >= 15 is 0 Å². The molecule has 0 amide bonds. The van der Waals surface area contributed by atoms with E-state index in [9.17, 15) is 18.0 Å². The van der Waals surface area contributed by atoms with Gasteiger partial charge in [-0.3, -0.25) is 0 Å². The first kappa shape index (κ1) is 15.0. The Hall–Kier alpha value is -1.08. The smallest absolute Gasteiger partial charge is 0.422 e. The van der Waals surface area contributed by atoms with Gasteiger partial charge in [0.05, 0.1) is 15.5 Å². The van der Waals surface area contributed by atoms with Crippen LogP contribution in [0.5, 0.6) is 5.75 Å². The highest BCUT2D eigenvalue weighted by Gasteiger charge is 2.29. The summed E-state index contributed by atoms with van der Waals surface area (Å²) in [6, 6.07) is 2.27. The Balaban J connectivity index is 3.07. The van der Waals surface area contributed by atoms with Gasteiger partial charge in [-0.1, -0.05) is 11.6 Å². The van der Waals surface area contributed by atoms with Gasteiger partial charge in [0.2, 0.25) is 0 Å². The van der Waals surface area contributed by atoms with Crippen molar-refractivity contribution in [3.05, 3.63) is 22.7 Å². The Labute approximate surface area is 110 Å². The van der Waals surface area contributed by atoms with Crippen LogP contribution >= 0.6 is 23.4 Å². The standard InChI is InChI=1S/C10H8ClF3O3S/c1-18-8-6(17-4-10(12,13)14)3-2-5(7(8)11)9(15)16/h2-3H,4H2,1H3,(H,15,16). The van der Waals surface area contributed by atoms with Gasteiger partial charge < -0.3 is 9.84 Å². The van der Waals surface area contributed by atoms with E-state index in [1.165, 1.54) is 0 Å². The maximum Gasteiger partial charge on any atom is 0.422 e. The molecule has 100 valence electrons. The average molecular weight is 301 g/mol.